The Labute approximate surface area is 164 Å². The molecule has 0 aromatic carbocycles. The van der Waals surface area contributed by atoms with Gasteiger partial charge in [0.2, 0.25) is 0 Å². The monoisotopic (exact) mass is 366 g/mol. The topological polar surface area (TPSA) is 26.3 Å². The van der Waals surface area contributed by atoms with E-state index >= 15 is 0 Å². The largest absolute Gasteiger partial charge is 0.437 e. The zero-order chi connectivity index (χ0) is 19.0. The van der Waals surface area contributed by atoms with Crippen molar-refractivity contribution in [1.29, 1.82) is 0 Å². The van der Waals surface area contributed by atoms with E-state index in [9.17, 15) is 4.79 Å². The molecule has 0 aliphatic carbocycles. The first-order valence-electron chi connectivity index (χ1n) is 11.7. The highest BCUT2D eigenvalue weighted by molar-refractivity contribution is 5.38. The minimum Gasteiger partial charge on any atom is -0.437 e. The van der Waals surface area contributed by atoms with Crippen molar-refractivity contribution in [3.63, 3.8) is 0 Å². The third-order valence-electron chi connectivity index (χ3n) is 5.20. The van der Waals surface area contributed by atoms with Crippen LogP contribution in [0.15, 0.2) is 12.3 Å². The van der Waals surface area contributed by atoms with E-state index in [1.54, 1.807) is 0 Å². The van der Waals surface area contributed by atoms with Gasteiger partial charge in [-0.25, -0.2) is 0 Å². The standard InChI is InChI=1S/C24H46O2/c1-2-3-4-5-6-7-8-9-10-11-12-13-14-15-16-17-18-19-20-21-22-23-26-24-25/h22-24H,2-21H2,1H3. The van der Waals surface area contributed by atoms with Crippen LogP contribution in [0.2, 0.25) is 0 Å². The first kappa shape index (κ1) is 25.2. The molecule has 0 atom stereocenters. The van der Waals surface area contributed by atoms with Crippen LogP contribution in [-0.4, -0.2) is 6.47 Å². The number of unbranched alkanes of at least 4 members (excludes halogenated alkanes) is 19. The molecule has 2 nitrogen and oxygen atoms in total. The number of hydrogen-bond donors (Lipinski definition) is 0. The average Bonchev–Trinajstić information content (AvgIpc) is 2.66. The van der Waals surface area contributed by atoms with Gasteiger partial charge in [0, 0.05) is 0 Å². The third-order valence-corrected chi connectivity index (χ3v) is 5.20. The highest BCUT2D eigenvalue weighted by atomic mass is 16.5. The fraction of sp³-hybridized carbons (Fsp3) is 0.875. The van der Waals surface area contributed by atoms with Crippen molar-refractivity contribution in [3.8, 4) is 0 Å². The maximum atomic E-state index is 9.94. The molecule has 0 aliphatic heterocycles. The van der Waals surface area contributed by atoms with Crippen molar-refractivity contribution < 1.29 is 9.53 Å². The molecule has 0 aromatic rings. The molecule has 0 aliphatic rings. The predicted molar refractivity (Wildman–Crippen MR) is 114 cm³/mol. The van der Waals surface area contributed by atoms with E-state index in [1.807, 2.05) is 6.08 Å². The first-order chi connectivity index (χ1) is 12.9. The summed E-state index contributed by atoms with van der Waals surface area (Å²) in [7, 11) is 0. The second-order valence-corrected chi connectivity index (χ2v) is 7.76. The summed E-state index contributed by atoms with van der Waals surface area (Å²) >= 11 is 0. The van der Waals surface area contributed by atoms with Gasteiger partial charge in [0.05, 0.1) is 6.26 Å². The second kappa shape index (κ2) is 24.2. The summed E-state index contributed by atoms with van der Waals surface area (Å²) in [5.74, 6) is 0. The van der Waals surface area contributed by atoms with Crippen LogP contribution in [-0.2, 0) is 9.53 Å². The smallest absolute Gasteiger partial charge is 0.297 e. The minimum atomic E-state index is 0.465. The summed E-state index contributed by atoms with van der Waals surface area (Å²) in [5, 5.41) is 0. The van der Waals surface area contributed by atoms with Gasteiger partial charge in [-0.2, -0.15) is 0 Å². The number of rotatable bonds is 22. The molecule has 0 aromatic heterocycles. The molecule has 0 heterocycles. The van der Waals surface area contributed by atoms with Crippen LogP contribution in [0, 0.1) is 0 Å². The van der Waals surface area contributed by atoms with Crippen molar-refractivity contribution in [2.45, 2.75) is 135 Å². The summed E-state index contributed by atoms with van der Waals surface area (Å²) in [6, 6.07) is 0. The molecule has 0 saturated heterocycles. The van der Waals surface area contributed by atoms with Crippen LogP contribution in [0.1, 0.15) is 135 Å². The molecule has 0 unspecified atom stereocenters. The molecule has 0 amide bonds. The van der Waals surface area contributed by atoms with E-state index in [-0.39, 0.29) is 0 Å². The molecule has 2 heteroatoms. The Balaban J connectivity index is 3.00. The van der Waals surface area contributed by atoms with Gasteiger partial charge in [0.25, 0.3) is 6.47 Å². The normalized spacial score (nSPS) is 11.3. The Kier molecular flexibility index (Phi) is 23.5. The predicted octanol–water partition coefficient (Wildman–Crippen LogP) is 8.50. The quantitative estimate of drug-likeness (QED) is 0.109. The highest BCUT2D eigenvalue weighted by Crippen LogP contribution is 2.14. The lowest BCUT2D eigenvalue weighted by Crippen LogP contribution is -1.84. The van der Waals surface area contributed by atoms with Crippen LogP contribution in [0.5, 0.6) is 0 Å². The Hall–Kier alpha value is -0.790. The number of ether oxygens (including phenoxy) is 1. The molecule has 0 fully saturated rings. The van der Waals surface area contributed by atoms with Gasteiger partial charge < -0.3 is 4.74 Å². The lowest BCUT2D eigenvalue weighted by atomic mass is 10.0. The summed E-state index contributed by atoms with van der Waals surface area (Å²) in [5.41, 5.74) is 0. The van der Waals surface area contributed by atoms with E-state index in [0.29, 0.717) is 6.47 Å². The molecule has 154 valence electrons. The average molecular weight is 367 g/mol. The number of carbonyl (C=O) groups is 1. The van der Waals surface area contributed by atoms with E-state index < -0.39 is 0 Å². The SMILES string of the molecule is CCCCCCCCCCCCCCCCCCCCCC=COC=O. The number of allylic oxidation sites excluding steroid dienone is 1. The second-order valence-electron chi connectivity index (χ2n) is 7.76. The summed E-state index contributed by atoms with van der Waals surface area (Å²) in [6.45, 7) is 2.75. The van der Waals surface area contributed by atoms with Gasteiger partial charge >= 0.3 is 0 Å². The van der Waals surface area contributed by atoms with Crippen molar-refractivity contribution in [3.05, 3.63) is 12.3 Å². The molecule has 0 spiro atoms. The Morgan fingerprint density at radius 3 is 1.23 bits per heavy atom. The molecule has 0 rings (SSSR count). The molecule has 26 heavy (non-hydrogen) atoms. The van der Waals surface area contributed by atoms with E-state index in [2.05, 4.69) is 11.7 Å². The fourth-order valence-corrected chi connectivity index (χ4v) is 3.50. The zero-order valence-electron chi connectivity index (χ0n) is 17.7. The minimum absolute atomic E-state index is 0.465. The molecule has 0 N–H and O–H groups in total. The summed E-state index contributed by atoms with van der Waals surface area (Å²) in [6.07, 6.45) is 31.3. The summed E-state index contributed by atoms with van der Waals surface area (Å²) in [4.78, 5) is 9.94. The zero-order valence-corrected chi connectivity index (χ0v) is 17.7. The van der Waals surface area contributed by atoms with Gasteiger partial charge in [-0.15, -0.1) is 0 Å². The van der Waals surface area contributed by atoms with Crippen LogP contribution >= 0.6 is 0 Å². The van der Waals surface area contributed by atoms with Gasteiger partial charge in [0.1, 0.15) is 0 Å². The number of carbonyl (C=O) groups excluding carboxylic acids is 1. The van der Waals surface area contributed by atoms with Crippen LogP contribution < -0.4 is 0 Å². The van der Waals surface area contributed by atoms with Gasteiger partial charge in [0.15, 0.2) is 0 Å². The molecule has 0 saturated carbocycles. The van der Waals surface area contributed by atoms with Crippen LogP contribution in [0.4, 0.5) is 0 Å². The Bertz CT molecular complexity index is 286. The third kappa shape index (κ3) is 23.2. The highest BCUT2D eigenvalue weighted by Gasteiger charge is 1.95. The lowest BCUT2D eigenvalue weighted by molar-refractivity contribution is -0.123. The van der Waals surface area contributed by atoms with E-state index in [1.165, 1.54) is 128 Å². The molecular weight excluding hydrogens is 320 g/mol. The van der Waals surface area contributed by atoms with Crippen molar-refractivity contribution >= 4 is 6.47 Å². The lowest BCUT2D eigenvalue weighted by Gasteiger charge is -2.03. The maximum Gasteiger partial charge on any atom is 0.297 e. The molecule has 0 radical (unpaired) electrons. The number of hydrogen-bond acceptors (Lipinski definition) is 2. The molecule has 0 bridgehead atoms. The van der Waals surface area contributed by atoms with Gasteiger partial charge in [-0.05, 0) is 18.9 Å². The van der Waals surface area contributed by atoms with E-state index in [0.717, 1.165) is 6.42 Å². The van der Waals surface area contributed by atoms with Gasteiger partial charge in [-0.1, -0.05) is 122 Å². The Morgan fingerprint density at radius 1 is 0.538 bits per heavy atom. The van der Waals surface area contributed by atoms with Crippen LogP contribution in [0.3, 0.4) is 0 Å². The maximum absolute atomic E-state index is 9.94. The van der Waals surface area contributed by atoms with Crippen LogP contribution in [0.25, 0.3) is 0 Å². The summed E-state index contributed by atoms with van der Waals surface area (Å²) < 4.78 is 4.51. The van der Waals surface area contributed by atoms with Crippen molar-refractivity contribution in [2.75, 3.05) is 0 Å². The first-order valence-corrected chi connectivity index (χ1v) is 11.7. The van der Waals surface area contributed by atoms with Gasteiger partial charge in [-0.3, -0.25) is 4.79 Å². The van der Waals surface area contributed by atoms with Crippen molar-refractivity contribution in [2.24, 2.45) is 0 Å². The van der Waals surface area contributed by atoms with E-state index in [4.69, 9.17) is 0 Å². The van der Waals surface area contributed by atoms with Crippen molar-refractivity contribution in [1.82, 2.24) is 0 Å². The molecular formula is C24H46O2. The Morgan fingerprint density at radius 2 is 0.885 bits per heavy atom. The fourth-order valence-electron chi connectivity index (χ4n) is 3.50.